The molecule has 9 heteroatoms. The van der Waals surface area contributed by atoms with Gasteiger partial charge >= 0.3 is 5.82 Å². The molecule has 130 valence electrons. The topological polar surface area (TPSA) is 108 Å². The van der Waals surface area contributed by atoms with Crippen molar-refractivity contribution in [1.82, 2.24) is 24.9 Å². The van der Waals surface area contributed by atoms with E-state index in [9.17, 15) is 14.9 Å². The van der Waals surface area contributed by atoms with Gasteiger partial charge in [0, 0.05) is 19.3 Å². The number of amides is 1. The Kier molecular flexibility index (Phi) is 5.67. The monoisotopic (exact) mass is 334 g/mol. The summed E-state index contributed by atoms with van der Waals surface area (Å²) in [5, 5.41) is 21.8. The van der Waals surface area contributed by atoms with Gasteiger partial charge in [0.05, 0.1) is 35.0 Å². The van der Waals surface area contributed by atoms with E-state index in [1.165, 1.54) is 10.7 Å². The SMILES string of the molecule is Cc1ccn(CCCNC(=O)C(C)Cn2nc([N+](=O)[O-])cc2C)n1. The summed E-state index contributed by atoms with van der Waals surface area (Å²) in [7, 11) is 0. The zero-order chi connectivity index (χ0) is 17.7. The van der Waals surface area contributed by atoms with E-state index in [4.69, 9.17) is 0 Å². The molecule has 0 saturated heterocycles. The molecule has 24 heavy (non-hydrogen) atoms. The van der Waals surface area contributed by atoms with Crippen LogP contribution in [0.1, 0.15) is 24.7 Å². The Hall–Kier alpha value is -2.71. The largest absolute Gasteiger partial charge is 0.390 e. The summed E-state index contributed by atoms with van der Waals surface area (Å²) in [6, 6.07) is 3.34. The molecule has 0 radical (unpaired) electrons. The van der Waals surface area contributed by atoms with Crippen molar-refractivity contribution in [2.45, 2.75) is 40.3 Å². The molecular weight excluding hydrogens is 312 g/mol. The van der Waals surface area contributed by atoms with Gasteiger partial charge in [0.25, 0.3) is 0 Å². The fraction of sp³-hybridized carbons (Fsp3) is 0.533. The van der Waals surface area contributed by atoms with E-state index in [0.29, 0.717) is 18.8 Å². The number of nitrogens with one attached hydrogen (secondary N) is 1. The zero-order valence-electron chi connectivity index (χ0n) is 14.1. The first kappa shape index (κ1) is 17.6. The first-order chi connectivity index (χ1) is 11.4. The number of aryl methyl sites for hydroxylation is 3. The summed E-state index contributed by atoms with van der Waals surface area (Å²) in [6.45, 7) is 7.05. The summed E-state index contributed by atoms with van der Waals surface area (Å²) in [5.41, 5.74) is 1.63. The van der Waals surface area contributed by atoms with Crippen LogP contribution in [0.15, 0.2) is 18.3 Å². The number of nitro groups is 1. The molecule has 1 N–H and O–H groups in total. The highest BCUT2D eigenvalue weighted by Gasteiger charge is 2.20. The quantitative estimate of drug-likeness (QED) is 0.446. The minimum absolute atomic E-state index is 0.0933. The maximum atomic E-state index is 12.1. The van der Waals surface area contributed by atoms with E-state index in [1.54, 1.807) is 13.8 Å². The Bertz CT molecular complexity index is 721. The highest BCUT2D eigenvalue weighted by Crippen LogP contribution is 2.12. The van der Waals surface area contributed by atoms with Crippen LogP contribution in [0.4, 0.5) is 5.82 Å². The Morgan fingerprint density at radius 1 is 1.42 bits per heavy atom. The molecule has 0 bridgehead atoms. The van der Waals surface area contributed by atoms with Crippen molar-refractivity contribution in [2.75, 3.05) is 6.54 Å². The van der Waals surface area contributed by atoms with Crippen LogP contribution in [0.2, 0.25) is 0 Å². The second kappa shape index (κ2) is 7.71. The lowest BCUT2D eigenvalue weighted by molar-refractivity contribution is -0.389. The lowest BCUT2D eigenvalue weighted by atomic mass is 10.1. The van der Waals surface area contributed by atoms with Crippen LogP contribution < -0.4 is 5.32 Å². The van der Waals surface area contributed by atoms with E-state index in [2.05, 4.69) is 15.5 Å². The third-order valence-corrected chi connectivity index (χ3v) is 3.69. The van der Waals surface area contributed by atoms with Crippen molar-refractivity contribution in [3.8, 4) is 0 Å². The predicted molar refractivity (Wildman–Crippen MR) is 87.4 cm³/mol. The van der Waals surface area contributed by atoms with Crippen molar-refractivity contribution in [3.63, 3.8) is 0 Å². The molecule has 1 unspecified atom stereocenters. The highest BCUT2D eigenvalue weighted by atomic mass is 16.6. The lowest BCUT2D eigenvalue weighted by Gasteiger charge is -2.11. The molecule has 2 aromatic rings. The Labute approximate surface area is 139 Å². The van der Waals surface area contributed by atoms with Crippen molar-refractivity contribution in [3.05, 3.63) is 39.8 Å². The third kappa shape index (κ3) is 4.64. The second-order valence-electron chi connectivity index (χ2n) is 5.85. The maximum Gasteiger partial charge on any atom is 0.390 e. The molecule has 0 aliphatic heterocycles. The highest BCUT2D eigenvalue weighted by molar-refractivity contribution is 5.78. The average Bonchev–Trinajstić information content (AvgIpc) is 3.10. The van der Waals surface area contributed by atoms with Crippen LogP contribution in [-0.4, -0.2) is 36.9 Å². The van der Waals surface area contributed by atoms with Gasteiger partial charge in [-0.2, -0.15) is 9.78 Å². The van der Waals surface area contributed by atoms with E-state index >= 15 is 0 Å². The molecule has 0 saturated carbocycles. The average molecular weight is 334 g/mol. The molecule has 9 nitrogen and oxygen atoms in total. The van der Waals surface area contributed by atoms with Crippen molar-refractivity contribution < 1.29 is 9.72 Å². The summed E-state index contributed by atoms with van der Waals surface area (Å²) < 4.78 is 3.34. The first-order valence-corrected chi connectivity index (χ1v) is 7.83. The van der Waals surface area contributed by atoms with Crippen LogP contribution >= 0.6 is 0 Å². The Morgan fingerprint density at radius 3 is 2.75 bits per heavy atom. The molecule has 0 fully saturated rings. The predicted octanol–water partition coefficient (Wildman–Crippen LogP) is 1.45. The van der Waals surface area contributed by atoms with Crippen LogP contribution in [0.25, 0.3) is 0 Å². The van der Waals surface area contributed by atoms with Gasteiger partial charge in [-0.15, -0.1) is 0 Å². The van der Waals surface area contributed by atoms with Gasteiger partial charge in [-0.1, -0.05) is 6.92 Å². The standard InChI is InChI=1S/C15H22N6O3/c1-11(10-20-13(3)9-14(18-20)21(23)24)15(22)16-6-4-7-19-8-5-12(2)17-19/h5,8-9,11H,4,6-7,10H2,1-3H3,(H,16,22). The molecule has 2 rings (SSSR count). The fourth-order valence-corrected chi connectivity index (χ4v) is 2.32. The lowest BCUT2D eigenvalue weighted by Crippen LogP contribution is -2.33. The molecule has 2 heterocycles. The van der Waals surface area contributed by atoms with Gasteiger partial charge in [-0.05, 0) is 31.3 Å². The fourth-order valence-electron chi connectivity index (χ4n) is 2.32. The van der Waals surface area contributed by atoms with Crippen LogP contribution in [0.3, 0.4) is 0 Å². The molecule has 0 aromatic carbocycles. The van der Waals surface area contributed by atoms with Gasteiger partial charge in [0.2, 0.25) is 5.91 Å². The normalized spacial score (nSPS) is 12.1. The van der Waals surface area contributed by atoms with Crippen LogP contribution in [0, 0.1) is 29.9 Å². The maximum absolute atomic E-state index is 12.1. The molecule has 1 amide bonds. The zero-order valence-corrected chi connectivity index (χ0v) is 14.1. The number of carbonyl (C=O) groups excluding carboxylic acids is 1. The van der Waals surface area contributed by atoms with E-state index in [1.807, 2.05) is 23.9 Å². The summed E-state index contributed by atoms with van der Waals surface area (Å²) in [6.07, 6.45) is 2.69. The molecule has 0 aliphatic carbocycles. The number of hydrogen-bond acceptors (Lipinski definition) is 5. The molecule has 0 aliphatic rings. The van der Waals surface area contributed by atoms with Crippen molar-refractivity contribution in [1.29, 1.82) is 0 Å². The minimum Gasteiger partial charge on any atom is -0.358 e. The van der Waals surface area contributed by atoms with Gasteiger partial charge in [-0.25, -0.2) is 0 Å². The van der Waals surface area contributed by atoms with Gasteiger partial charge in [0.15, 0.2) is 0 Å². The molecule has 0 spiro atoms. The molecule has 1 atom stereocenters. The van der Waals surface area contributed by atoms with Crippen LogP contribution in [-0.2, 0) is 17.9 Å². The number of aromatic nitrogens is 4. The molecule has 2 aromatic heterocycles. The minimum atomic E-state index is -0.536. The van der Waals surface area contributed by atoms with Crippen molar-refractivity contribution in [2.24, 2.45) is 5.92 Å². The number of carbonyl (C=O) groups is 1. The number of nitrogens with zero attached hydrogens (tertiary/aromatic N) is 5. The van der Waals surface area contributed by atoms with Crippen LogP contribution in [0.5, 0.6) is 0 Å². The summed E-state index contributed by atoms with van der Waals surface area (Å²) in [5.74, 6) is -0.617. The Morgan fingerprint density at radius 2 is 2.17 bits per heavy atom. The van der Waals surface area contributed by atoms with Gasteiger partial charge in [0.1, 0.15) is 0 Å². The smallest absolute Gasteiger partial charge is 0.358 e. The Balaban J connectivity index is 1.76. The number of rotatable bonds is 8. The molecular formula is C15H22N6O3. The number of hydrogen-bond donors (Lipinski definition) is 1. The summed E-state index contributed by atoms with van der Waals surface area (Å²) >= 11 is 0. The third-order valence-electron chi connectivity index (χ3n) is 3.69. The van der Waals surface area contributed by atoms with Crippen molar-refractivity contribution >= 4 is 11.7 Å². The van der Waals surface area contributed by atoms with E-state index in [0.717, 1.165) is 18.7 Å². The van der Waals surface area contributed by atoms with E-state index < -0.39 is 4.92 Å². The van der Waals surface area contributed by atoms with Gasteiger partial charge in [-0.3, -0.25) is 9.48 Å². The second-order valence-corrected chi connectivity index (χ2v) is 5.85. The first-order valence-electron chi connectivity index (χ1n) is 7.83. The van der Waals surface area contributed by atoms with Gasteiger partial charge < -0.3 is 15.4 Å². The summed E-state index contributed by atoms with van der Waals surface area (Å²) in [4.78, 5) is 22.3. The van der Waals surface area contributed by atoms with E-state index in [-0.39, 0.29) is 17.6 Å².